The van der Waals surface area contributed by atoms with Crippen molar-refractivity contribution in [3.05, 3.63) is 59.7 Å². The molecule has 1 spiro atoms. The van der Waals surface area contributed by atoms with E-state index in [-0.39, 0.29) is 30.2 Å². The molecule has 0 aromatic heterocycles. The molecule has 0 radical (unpaired) electrons. The number of nitrogens with zero attached hydrogens (tertiary/aromatic N) is 1. The largest absolute Gasteiger partial charge is 0.394 e. The molecule has 39 heavy (non-hydrogen) atoms. The number of aryl methyl sites for hydroxylation is 2. The van der Waals surface area contributed by atoms with E-state index in [0.29, 0.717) is 18.5 Å². The normalized spacial score (nSPS) is 30.0. The lowest BCUT2D eigenvalue weighted by Gasteiger charge is -2.37. The topological polar surface area (TPSA) is 98.7 Å². The van der Waals surface area contributed by atoms with Crippen LogP contribution in [0.2, 0.25) is 0 Å². The maximum Gasteiger partial charge on any atom is 0.248 e. The van der Waals surface area contributed by atoms with E-state index in [1.807, 2.05) is 76.2 Å². The number of aliphatic hydroxyl groups excluding tert-OH is 1. The van der Waals surface area contributed by atoms with E-state index in [1.54, 1.807) is 16.7 Å². The number of carbonyl (C=O) groups is 3. The number of hydrogen-bond acceptors (Lipinski definition) is 5. The van der Waals surface area contributed by atoms with Crippen LogP contribution in [0.1, 0.15) is 51.2 Å². The minimum atomic E-state index is -0.786. The van der Waals surface area contributed by atoms with Gasteiger partial charge < -0.3 is 20.6 Å². The number of anilines is 2. The third-order valence-electron chi connectivity index (χ3n) is 8.86. The molecule has 7 nitrogen and oxygen atoms in total. The first-order valence-electron chi connectivity index (χ1n) is 13.9. The predicted octanol–water partition coefficient (Wildman–Crippen LogP) is 4.77. The molecular formula is C31H39N3O4S. The number of nitrogens with one attached hydrogen (secondary N) is 2. The second-order valence-corrected chi connectivity index (χ2v) is 13.9. The first kappa shape index (κ1) is 27.7. The molecule has 6 atom stereocenters. The van der Waals surface area contributed by atoms with Gasteiger partial charge in [-0.25, -0.2) is 0 Å². The zero-order chi connectivity index (χ0) is 28.1. The van der Waals surface area contributed by atoms with Crippen LogP contribution in [-0.2, 0) is 14.4 Å². The molecule has 208 valence electrons. The summed E-state index contributed by atoms with van der Waals surface area (Å²) in [6.07, 6.45) is 1.98. The third kappa shape index (κ3) is 4.55. The van der Waals surface area contributed by atoms with Crippen LogP contribution in [0.5, 0.6) is 0 Å². The molecule has 2 unspecified atom stereocenters. The fourth-order valence-electron chi connectivity index (χ4n) is 7.22. The maximum atomic E-state index is 14.4. The van der Waals surface area contributed by atoms with Gasteiger partial charge in [-0.1, -0.05) is 50.2 Å². The summed E-state index contributed by atoms with van der Waals surface area (Å²) in [5.41, 5.74) is 3.34. The average molecular weight is 550 g/mol. The summed E-state index contributed by atoms with van der Waals surface area (Å²) in [6, 6.07) is 13.9. The Hall–Kier alpha value is -2.84. The lowest BCUT2D eigenvalue weighted by atomic mass is 9.66. The molecule has 3 N–H and O–H groups in total. The van der Waals surface area contributed by atoms with E-state index in [4.69, 9.17) is 0 Å². The number of amides is 3. The Morgan fingerprint density at radius 1 is 1.03 bits per heavy atom. The molecule has 0 saturated carbocycles. The lowest BCUT2D eigenvalue weighted by Crippen LogP contribution is -2.55. The molecular weight excluding hydrogens is 510 g/mol. The van der Waals surface area contributed by atoms with E-state index in [1.165, 1.54) is 0 Å². The number of carbonyl (C=O) groups excluding carboxylic acids is 3. The zero-order valence-corrected chi connectivity index (χ0v) is 24.2. The van der Waals surface area contributed by atoms with E-state index < -0.39 is 33.4 Å². The number of likely N-dealkylation sites (tertiary alicyclic amines) is 1. The van der Waals surface area contributed by atoms with E-state index in [9.17, 15) is 19.5 Å². The van der Waals surface area contributed by atoms with Crippen LogP contribution in [0.15, 0.2) is 48.5 Å². The molecule has 3 aliphatic rings. The van der Waals surface area contributed by atoms with Crippen molar-refractivity contribution < 1.29 is 19.5 Å². The van der Waals surface area contributed by atoms with Gasteiger partial charge in [-0.15, -0.1) is 11.8 Å². The van der Waals surface area contributed by atoms with Crippen molar-refractivity contribution in [2.75, 3.05) is 17.2 Å². The molecule has 2 aromatic rings. The van der Waals surface area contributed by atoms with Crippen molar-refractivity contribution in [1.82, 2.24) is 4.90 Å². The Labute approximate surface area is 235 Å². The van der Waals surface area contributed by atoms with Gasteiger partial charge in [0, 0.05) is 16.1 Å². The van der Waals surface area contributed by atoms with Crippen molar-refractivity contribution in [3.8, 4) is 0 Å². The Morgan fingerprint density at radius 2 is 1.69 bits per heavy atom. The highest BCUT2D eigenvalue weighted by Crippen LogP contribution is 2.71. The van der Waals surface area contributed by atoms with Crippen LogP contribution >= 0.6 is 11.8 Å². The van der Waals surface area contributed by atoms with Crippen molar-refractivity contribution in [2.24, 2.45) is 17.8 Å². The number of thioether (sulfide) groups is 1. The van der Waals surface area contributed by atoms with E-state index in [0.717, 1.165) is 23.2 Å². The van der Waals surface area contributed by atoms with Crippen LogP contribution in [0.25, 0.3) is 0 Å². The fourth-order valence-corrected chi connectivity index (χ4v) is 9.57. The van der Waals surface area contributed by atoms with Crippen molar-refractivity contribution in [2.45, 2.75) is 75.5 Å². The van der Waals surface area contributed by atoms with Crippen molar-refractivity contribution >= 4 is 40.9 Å². The number of para-hydroxylation sites is 2. The summed E-state index contributed by atoms with van der Waals surface area (Å²) in [4.78, 5) is 44.2. The van der Waals surface area contributed by atoms with Crippen LogP contribution in [-0.4, -0.2) is 55.9 Å². The quantitative estimate of drug-likeness (QED) is 0.441. The highest BCUT2D eigenvalue weighted by atomic mass is 32.2. The summed E-state index contributed by atoms with van der Waals surface area (Å²) in [6.45, 7) is 9.84. The Kier molecular flexibility index (Phi) is 7.31. The summed E-state index contributed by atoms with van der Waals surface area (Å²) in [5.74, 6) is -1.63. The summed E-state index contributed by atoms with van der Waals surface area (Å²) in [5, 5.41) is 16.7. The van der Waals surface area contributed by atoms with Crippen molar-refractivity contribution in [3.63, 3.8) is 0 Å². The number of benzene rings is 2. The van der Waals surface area contributed by atoms with E-state index >= 15 is 0 Å². The minimum Gasteiger partial charge on any atom is -0.394 e. The van der Waals surface area contributed by atoms with Gasteiger partial charge in [0.1, 0.15) is 6.04 Å². The summed E-state index contributed by atoms with van der Waals surface area (Å²) < 4.78 is -1.20. The van der Waals surface area contributed by atoms with Gasteiger partial charge in [-0.3, -0.25) is 14.4 Å². The first-order valence-corrected chi connectivity index (χ1v) is 14.7. The molecule has 3 fully saturated rings. The predicted molar refractivity (Wildman–Crippen MR) is 156 cm³/mol. The molecule has 2 aromatic carbocycles. The van der Waals surface area contributed by atoms with Crippen LogP contribution in [0.3, 0.4) is 0 Å². The maximum absolute atomic E-state index is 14.4. The molecule has 3 amide bonds. The third-order valence-corrected chi connectivity index (χ3v) is 10.8. The van der Waals surface area contributed by atoms with Crippen LogP contribution < -0.4 is 10.6 Å². The van der Waals surface area contributed by atoms with E-state index in [2.05, 4.69) is 17.6 Å². The SMILES string of the molecule is Cc1cccc(C)c1NC(=O)C1N([C@@H](CO)CC(C)C)C(=O)[C@@H]2[C@H](C(=O)Nc3ccccc3)[C@]3(C)CCC12S3. The molecule has 8 heteroatoms. The number of rotatable bonds is 8. The molecule has 5 rings (SSSR count). The van der Waals surface area contributed by atoms with Gasteiger partial charge in [0.05, 0.1) is 29.2 Å². The highest BCUT2D eigenvalue weighted by molar-refractivity contribution is 8.02. The smallest absolute Gasteiger partial charge is 0.248 e. The van der Waals surface area contributed by atoms with Gasteiger partial charge in [-0.05, 0) is 69.2 Å². The molecule has 3 aliphatic heterocycles. The average Bonchev–Trinajstić information content (AvgIpc) is 3.46. The van der Waals surface area contributed by atoms with Gasteiger partial charge in [0.2, 0.25) is 17.7 Å². The minimum absolute atomic E-state index is 0.184. The van der Waals surface area contributed by atoms with Gasteiger partial charge in [-0.2, -0.15) is 0 Å². The monoisotopic (exact) mass is 549 g/mol. The lowest BCUT2D eigenvalue weighted by molar-refractivity contribution is -0.142. The Bertz CT molecular complexity index is 1260. The standard InChI is InChI=1S/C31H39N3O4S/c1-18(2)16-22(17-35)34-26(28(37)33-25-19(3)10-9-11-20(25)4)31-15-14-30(5,39-31)23(24(31)29(34)38)27(36)32-21-12-7-6-8-13-21/h6-13,18,22-24,26,35H,14-17H2,1-5H3,(H,32,36)(H,33,37)/t22-,23-,24+,26?,30+,31?/m1/s1. The zero-order valence-electron chi connectivity index (χ0n) is 23.4. The number of aliphatic hydroxyl groups is 1. The van der Waals surface area contributed by atoms with Gasteiger partial charge in [0.15, 0.2) is 0 Å². The number of fused-ring (bicyclic) bond motifs is 1. The van der Waals surface area contributed by atoms with Crippen LogP contribution in [0, 0.1) is 31.6 Å². The summed E-state index contributed by atoms with van der Waals surface area (Å²) >= 11 is 1.64. The molecule has 3 saturated heterocycles. The van der Waals surface area contributed by atoms with Gasteiger partial charge in [0.25, 0.3) is 0 Å². The number of hydrogen-bond donors (Lipinski definition) is 3. The summed E-state index contributed by atoms with van der Waals surface area (Å²) in [7, 11) is 0. The molecule has 0 aliphatic carbocycles. The molecule has 3 heterocycles. The second-order valence-electron chi connectivity index (χ2n) is 12.1. The van der Waals surface area contributed by atoms with Crippen molar-refractivity contribution in [1.29, 1.82) is 0 Å². The Morgan fingerprint density at radius 3 is 2.31 bits per heavy atom. The molecule has 2 bridgehead atoms. The Balaban J connectivity index is 1.56. The fraction of sp³-hybridized carbons (Fsp3) is 0.516. The van der Waals surface area contributed by atoms with Crippen LogP contribution in [0.4, 0.5) is 11.4 Å². The van der Waals surface area contributed by atoms with Gasteiger partial charge >= 0.3 is 0 Å². The second kappa shape index (κ2) is 10.3. The highest BCUT2D eigenvalue weighted by Gasteiger charge is 2.77. The first-order chi connectivity index (χ1) is 18.5.